The second-order valence-electron chi connectivity index (χ2n) is 3.38. The van der Waals surface area contributed by atoms with Gasteiger partial charge in [-0.3, -0.25) is 4.79 Å². The molecule has 1 amide bonds. The molecule has 0 aliphatic heterocycles. The molecule has 0 aliphatic rings. The molecular weight excluding hydrogens is 289 g/mol. The Hall–Kier alpha value is -0.800. The number of rotatable bonds is 3. The molecule has 2 nitrogen and oxygen atoms in total. The molecule has 86 valence electrons. The molecule has 0 heterocycles. The number of nitrogens with one attached hydrogen (secondary N) is 1. The molecule has 0 unspecified atom stereocenters. The summed E-state index contributed by atoms with van der Waals surface area (Å²) in [6.45, 7) is 3.79. The molecule has 4 heteroatoms. The number of anilines is 1. The van der Waals surface area contributed by atoms with Gasteiger partial charge in [0.15, 0.2) is 0 Å². The molecule has 0 radical (unpaired) electrons. The largest absolute Gasteiger partial charge is 0.322 e. The molecule has 0 spiro atoms. The molecule has 0 fully saturated rings. The van der Waals surface area contributed by atoms with Gasteiger partial charge in [0, 0.05) is 15.7 Å². The fourth-order valence-electron chi connectivity index (χ4n) is 1.20. The summed E-state index contributed by atoms with van der Waals surface area (Å²) in [7, 11) is 0. The van der Waals surface area contributed by atoms with E-state index in [0.717, 1.165) is 16.6 Å². The summed E-state index contributed by atoms with van der Waals surface area (Å²) in [5.41, 5.74) is 1.44. The molecular formula is C12H13BrClNO. The average Bonchev–Trinajstić information content (AvgIpc) is 2.24. The van der Waals surface area contributed by atoms with Gasteiger partial charge in [-0.25, -0.2) is 0 Å². The molecule has 0 atom stereocenters. The summed E-state index contributed by atoms with van der Waals surface area (Å²) in [4.78, 5) is 11.7. The third kappa shape index (κ3) is 3.65. The minimum atomic E-state index is -0.0870. The standard InChI is InChI=1S/C12H13BrClNO/c1-3-4-8(2)12(16)15-9-5-6-11(14)10(13)7-9/h4-7H,3H2,1-2H3,(H,15,16). The van der Waals surface area contributed by atoms with Crippen LogP contribution in [0, 0.1) is 0 Å². The Morgan fingerprint density at radius 2 is 2.25 bits per heavy atom. The first-order valence-corrected chi connectivity index (χ1v) is 6.15. The van der Waals surface area contributed by atoms with Crippen LogP contribution in [0.3, 0.4) is 0 Å². The van der Waals surface area contributed by atoms with Crippen LogP contribution in [0.25, 0.3) is 0 Å². The van der Waals surface area contributed by atoms with Crippen LogP contribution in [0.5, 0.6) is 0 Å². The van der Waals surface area contributed by atoms with Crippen molar-refractivity contribution in [3.63, 3.8) is 0 Å². The maximum atomic E-state index is 11.7. The lowest BCUT2D eigenvalue weighted by Crippen LogP contribution is -2.12. The summed E-state index contributed by atoms with van der Waals surface area (Å²) in [6, 6.07) is 5.28. The van der Waals surface area contributed by atoms with Crippen LogP contribution < -0.4 is 5.32 Å². The number of carbonyl (C=O) groups excluding carboxylic acids is 1. The van der Waals surface area contributed by atoms with Gasteiger partial charge in [-0.15, -0.1) is 0 Å². The predicted octanol–water partition coefficient (Wildman–Crippen LogP) is 4.40. The SMILES string of the molecule is CCC=C(C)C(=O)Nc1ccc(Cl)c(Br)c1. The summed E-state index contributed by atoms with van der Waals surface area (Å²) < 4.78 is 0.768. The molecule has 1 aromatic rings. The predicted molar refractivity (Wildman–Crippen MR) is 71.8 cm³/mol. The molecule has 0 saturated carbocycles. The normalized spacial score (nSPS) is 11.4. The van der Waals surface area contributed by atoms with E-state index in [-0.39, 0.29) is 5.91 Å². The summed E-state index contributed by atoms with van der Waals surface area (Å²) in [5.74, 6) is -0.0870. The molecule has 1 rings (SSSR count). The van der Waals surface area contributed by atoms with Gasteiger partial charge >= 0.3 is 0 Å². The Balaban J connectivity index is 2.77. The summed E-state index contributed by atoms with van der Waals surface area (Å²) in [5, 5.41) is 3.42. The van der Waals surface area contributed by atoms with Gasteiger partial charge in [-0.05, 0) is 47.5 Å². The molecule has 16 heavy (non-hydrogen) atoms. The van der Waals surface area contributed by atoms with Crippen LogP contribution in [-0.2, 0) is 4.79 Å². The van der Waals surface area contributed by atoms with Gasteiger partial charge in [0.2, 0.25) is 0 Å². The Morgan fingerprint density at radius 3 is 2.81 bits per heavy atom. The lowest BCUT2D eigenvalue weighted by atomic mass is 10.2. The van der Waals surface area contributed by atoms with Crippen molar-refractivity contribution in [2.24, 2.45) is 0 Å². The first-order valence-electron chi connectivity index (χ1n) is 4.97. The van der Waals surface area contributed by atoms with Gasteiger partial charge in [0.25, 0.3) is 5.91 Å². The van der Waals surface area contributed by atoms with Crippen LogP contribution in [-0.4, -0.2) is 5.91 Å². The highest BCUT2D eigenvalue weighted by atomic mass is 79.9. The van der Waals surface area contributed by atoms with E-state index in [0.29, 0.717) is 10.6 Å². The fraction of sp³-hybridized carbons (Fsp3) is 0.250. The van der Waals surface area contributed by atoms with Crippen molar-refractivity contribution in [1.29, 1.82) is 0 Å². The average molecular weight is 303 g/mol. The van der Waals surface area contributed by atoms with Crippen LogP contribution in [0.1, 0.15) is 20.3 Å². The van der Waals surface area contributed by atoms with E-state index in [2.05, 4.69) is 21.2 Å². The van der Waals surface area contributed by atoms with Crippen LogP contribution >= 0.6 is 27.5 Å². The van der Waals surface area contributed by atoms with E-state index < -0.39 is 0 Å². The number of hydrogen-bond donors (Lipinski definition) is 1. The van der Waals surface area contributed by atoms with Crippen molar-refractivity contribution in [1.82, 2.24) is 0 Å². The van der Waals surface area contributed by atoms with Crippen molar-refractivity contribution >= 4 is 39.1 Å². The second-order valence-corrected chi connectivity index (χ2v) is 4.64. The van der Waals surface area contributed by atoms with Gasteiger partial charge in [0.05, 0.1) is 5.02 Å². The Morgan fingerprint density at radius 1 is 1.56 bits per heavy atom. The molecule has 0 saturated heterocycles. The van der Waals surface area contributed by atoms with E-state index in [1.807, 2.05) is 13.0 Å². The molecule has 0 aromatic heterocycles. The summed E-state index contributed by atoms with van der Waals surface area (Å²) >= 11 is 9.16. The maximum Gasteiger partial charge on any atom is 0.250 e. The summed E-state index contributed by atoms with van der Waals surface area (Å²) in [6.07, 6.45) is 2.74. The minimum absolute atomic E-state index is 0.0870. The first-order chi connectivity index (χ1) is 7.54. The zero-order valence-corrected chi connectivity index (χ0v) is 11.5. The van der Waals surface area contributed by atoms with Crippen LogP contribution in [0.2, 0.25) is 5.02 Å². The highest BCUT2D eigenvalue weighted by Crippen LogP contribution is 2.25. The first kappa shape index (κ1) is 13.3. The smallest absolute Gasteiger partial charge is 0.250 e. The number of halogens is 2. The second kappa shape index (κ2) is 6.06. The van der Waals surface area contributed by atoms with E-state index in [1.165, 1.54) is 0 Å². The van der Waals surface area contributed by atoms with Crippen molar-refractivity contribution < 1.29 is 4.79 Å². The van der Waals surface area contributed by atoms with Gasteiger partial charge < -0.3 is 5.32 Å². The molecule has 0 bridgehead atoms. The lowest BCUT2D eigenvalue weighted by Gasteiger charge is -2.06. The van der Waals surface area contributed by atoms with Crippen molar-refractivity contribution in [2.45, 2.75) is 20.3 Å². The minimum Gasteiger partial charge on any atom is -0.322 e. The zero-order valence-electron chi connectivity index (χ0n) is 9.18. The van der Waals surface area contributed by atoms with Crippen molar-refractivity contribution in [3.05, 3.63) is 39.3 Å². The van der Waals surface area contributed by atoms with E-state index in [4.69, 9.17) is 11.6 Å². The number of allylic oxidation sites excluding steroid dienone is 1. The highest BCUT2D eigenvalue weighted by Gasteiger charge is 2.05. The Kier molecular flexibility index (Phi) is 5.03. The van der Waals surface area contributed by atoms with Crippen molar-refractivity contribution in [3.8, 4) is 0 Å². The number of hydrogen-bond acceptors (Lipinski definition) is 1. The van der Waals surface area contributed by atoms with E-state index in [1.54, 1.807) is 25.1 Å². The van der Waals surface area contributed by atoms with Crippen LogP contribution in [0.15, 0.2) is 34.3 Å². The maximum absolute atomic E-state index is 11.7. The van der Waals surface area contributed by atoms with E-state index >= 15 is 0 Å². The van der Waals surface area contributed by atoms with E-state index in [9.17, 15) is 4.79 Å². The van der Waals surface area contributed by atoms with Crippen molar-refractivity contribution in [2.75, 3.05) is 5.32 Å². The third-order valence-electron chi connectivity index (χ3n) is 2.05. The van der Waals surface area contributed by atoms with Gasteiger partial charge in [0.1, 0.15) is 0 Å². The number of amides is 1. The monoisotopic (exact) mass is 301 g/mol. The van der Waals surface area contributed by atoms with Gasteiger partial charge in [-0.2, -0.15) is 0 Å². The Bertz CT molecular complexity index is 429. The number of carbonyl (C=O) groups is 1. The van der Waals surface area contributed by atoms with Gasteiger partial charge in [-0.1, -0.05) is 24.6 Å². The van der Waals surface area contributed by atoms with Crippen LogP contribution in [0.4, 0.5) is 5.69 Å². The molecule has 0 aliphatic carbocycles. The Labute approximate surface area is 109 Å². The fourth-order valence-corrected chi connectivity index (χ4v) is 1.70. The highest BCUT2D eigenvalue weighted by molar-refractivity contribution is 9.10. The molecule has 1 aromatic carbocycles. The third-order valence-corrected chi connectivity index (χ3v) is 3.26. The number of benzene rings is 1. The molecule has 1 N–H and O–H groups in total. The lowest BCUT2D eigenvalue weighted by molar-refractivity contribution is -0.112. The zero-order chi connectivity index (χ0) is 12.1. The topological polar surface area (TPSA) is 29.1 Å². The quantitative estimate of drug-likeness (QED) is 0.824.